The van der Waals surface area contributed by atoms with Gasteiger partial charge in [-0.05, 0) is 91.1 Å². The van der Waals surface area contributed by atoms with Crippen molar-refractivity contribution in [2.45, 2.75) is 40.0 Å². The fraction of sp³-hybridized carbons (Fsp3) is 0.143. The van der Waals surface area contributed by atoms with E-state index >= 15 is 0 Å². The first-order valence-electron chi connectivity index (χ1n) is 16.1. The SMILES string of the molecule is Cc1ccc(-[n+]2[c-]n(-c3cccc(Oc4ccc5c6ccccc6n(-c6cc(C(C)(C)C)ccn6)c5c4)c3)c3cccc(C)c32)cc1. The fourth-order valence-corrected chi connectivity index (χ4v) is 6.49. The summed E-state index contributed by atoms with van der Waals surface area (Å²) in [4.78, 5) is 4.83. The number of hydrogen-bond acceptors (Lipinski definition) is 2. The Morgan fingerprint density at radius 1 is 0.681 bits per heavy atom. The third kappa shape index (κ3) is 5.05. The van der Waals surface area contributed by atoms with Crippen LogP contribution in [0.5, 0.6) is 11.5 Å². The number of hydrogen-bond donors (Lipinski definition) is 0. The summed E-state index contributed by atoms with van der Waals surface area (Å²) in [6.45, 7) is 11.0. The molecule has 5 heteroatoms. The molecule has 47 heavy (non-hydrogen) atoms. The minimum Gasteiger partial charge on any atom is -0.458 e. The number of imidazole rings is 1. The zero-order chi connectivity index (χ0) is 32.3. The van der Waals surface area contributed by atoms with E-state index in [0.29, 0.717) is 0 Å². The van der Waals surface area contributed by atoms with Crippen LogP contribution < -0.4 is 9.30 Å². The molecular formula is C42H36N4O. The molecule has 0 aliphatic rings. The Kier molecular flexibility index (Phi) is 6.73. The van der Waals surface area contributed by atoms with Crippen molar-refractivity contribution in [3.8, 4) is 28.7 Å². The van der Waals surface area contributed by atoms with E-state index in [9.17, 15) is 0 Å². The zero-order valence-electron chi connectivity index (χ0n) is 27.3. The number of ether oxygens (including phenoxy) is 1. The number of pyridine rings is 1. The van der Waals surface area contributed by atoms with Crippen LogP contribution in [0.4, 0.5) is 0 Å². The molecule has 8 aromatic rings. The molecule has 0 bridgehead atoms. The highest BCUT2D eigenvalue weighted by Gasteiger charge is 2.19. The van der Waals surface area contributed by atoms with Crippen molar-refractivity contribution in [2.75, 3.05) is 0 Å². The van der Waals surface area contributed by atoms with Gasteiger partial charge >= 0.3 is 0 Å². The van der Waals surface area contributed by atoms with Crippen molar-refractivity contribution in [1.82, 2.24) is 14.1 Å². The van der Waals surface area contributed by atoms with Crippen molar-refractivity contribution in [3.63, 3.8) is 0 Å². The Hall–Kier alpha value is -5.68. The van der Waals surface area contributed by atoms with Gasteiger partial charge in [-0.3, -0.25) is 13.7 Å². The second-order valence-electron chi connectivity index (χ2n) is 13.3. The fourth-order valence-electron chi connectivity index (χ4n) is 6.49. The lowest BCUT2D eigenvalue weighted by atomic mass is 9.88. The topological polar surface area (TPSA) is 35.9 Å². The first kappa shape index (κ1) is 28.8. The molecule has 230 valence electrons. The van der Waals surface area contributed by atoms with E-state index in [-0.39, 0.29) is 5.41 Å². The highest BCUT2D eigenvalue weighted by molar-refractivity contribution is 6.09. The van der Waals surface area contributed by atoms with Crippen molar-refractivity contribution >= 4 is 32.8 Å². The first-order chi connectivity index (χ1) is 22.7. The third-order valence-corrected chi connectivity index (χ3v) is 8.97. The van der Waals surface area contributed by atoms with Crippen LogP contribution in [0.1, 0.15) is 37.5 Å². The number of benzene rings is 5. The van der Waals surface area contributed by atoms with Gasteiger partial charge in [-0.1, -0.05) is 80.9 Å². The molecule has 0 fully saturated rings. The minimum atomic E-state index is 0.0102. The van der Waals surface area contributed by atoms with Crippen LogP contribution >= 0.6 is 0 Å². The molecule has 0 atom stereocenters. The molecule has 3 heterocycles. The predicted molar refractivity (Wildman–Crippen MR) is 190 cm³/mol. The number of rotatable bonds is 5. The average molecular weight is 613 g/mol. The largest absolute Gasteiger partial charge is 0.458 e. The number of nitrogens with zero attached hydrogens (tertiary/aromatic N) is 4. The predicted octanol–water partition coefficient (Wildman–Crippen LogP) is 9.91. The van der Waals surface area contributed by atoms with E-state index in [1.165, 1.54) is 22.1 Å². The zero-order valence-corrected chi connectivity index (χ0v) is 27.3. The molecule has 3 aromatic heterocycles. The van der Waals surface area contributed by atoms with Crippen molar-refractivity contribution in [2.24, 2.45) is 0 Å². The molecule has 0 aliphatic carbocycles. The molecule has 0 saturated carbocycles. The van der Waals surface area contributed by atoms with Gasteiger partial charge in [-0.2, -0.15) is 0 Å². The van der Waals surface area contributed by atoms with Gasteiger partial charge in [0.25, 0.3) is 6.33 Å². The van der Waals surface area contributed by atoms with Crippen molar-refractivity contribution in [3.05, 3.63) is 151 Å². The molecule has 0 radical (unpaired) electrons. The quantitative estimate of drug-likeness (QED) is 0.143. The van der Waals surface area contributed by atoms with Crippen LogP contribution in [0.25, 0.3) is 50.0 Å². The van der Waals surface area contributed by atoms with Gasteiger partial charge in [-0.15, -0.1) is 0 Å². The summed E-state index contributed by atoms with van der Waals surface area (Å²) in [5, 5.41) is 2.35. The maximum Gasteiger partial charge on any atom is 0.269 e. The highest BCUT2D eigenvalue weighted by atomic mass is 16.5. The van der Waals surface area contributed by atoms with E-state index in [2.05, 4.69) is 164 Å². The van der Waals surface area contributed by atoms with Gasteiger partial charge < -0.3 is 4.74 Å². The highest BCUT2D eigenvalue weighted by Crippen LogP contribution is 2.36. The monoisotopic (exact) mass is 612 g/mol. The van der Waals surface area contributed by atoms with Crippen molar-refractivity contribution in [1.29, 1.82) is 0 Å². The molecule has 0 unspecified atom stereocenters. The molecule has 0 N–H and O–H groups in total. The number of para-hydroxylation sites is 2. The molecular weight excluding hydrogens is 576 g/mol. The van der Waals surface area contributed by atoms with Gasteiger partial charge in [0.2, 0.25) is 0 Å². The molecule has 5 aromatic carbocycles. The summed E-state index contributed by atoms with van der Waals surface area (Å²) in [6, 6.07) is 42.3. The van der Waals surface area contributed by atoms with Crippen LogP contribution in [-0.2, 0) is 5.41 Å². The summed E-state index contributed by atoms with van der Waals surface area (Å²) in [5.74, 6) is 2.41. The molecule has 0 amide bonds. The van der Waals surface area contributed by atoms with Crippen molar-refractivity contribution < 1.29 is 9.30 Å². The van der Waals surface area contributed by atoms with Crippen LogP contribution in [0.3, 0.4) is 0 Å². The maximum atomic E-state index is 6.59. The molecule has 5 nitrogen and oxygen atoms in total. The lowest BCUT2D eigenvalue weighted by molar-refractivity contribution is -0.572. The molecule has 0 spiro atoms. The third-order valence-electron chi connectivity index (χ3n) is 8.97. The van der Waals surface area contributed by atoms with Gasteiger partial charge in [0.15, 0.2) is 0 Å². The molecule has 0 aliphatic heterocycles. The number of aromatic nitrogens is 4. The second-order valence-corrected chi connectivity index (χ2v) is 13.3. The minimum absolute atomic E-state index is 0.0102. The van der Waals surface area contributed by atoms with E-state index in [1.807, 2.05) is 18.3 Å². The summed E-state index contributed by atoms with van der Waals surface area (Å²) in [5.41, 5.74) is 10.1. The summed E-state index contributed by atoms with van der Waals surface area (Å²) in [6.07, 6.45) is 5.53. The Bertz CT molecular complexity index is 2440. The Morgan fingerprint density at radius 2 is 1.43 bits per heavy atom. The van der Waals surface area contributed by atoms with E-state index < -0.39 is 0 Å². The molecule has 8 rings (SSSR count). The van der Waals surface area contributed by atoms with Crippen LogP contribution in [0, 0.1) is 20.2 Å². The van der Waals surface area contributed by atoms with Crippen LogP contribution in [-0.4, -0.2) is 14.1 Å². The summed E-state index contributed by atoms with van der Waals surface area (Å²) in [7, 11) is 0. The standard InChI is InChI=1S/C42H36N4O/c1-28-16-18-31(19-17-28)45-27-44(38-15-8-10-29(2)41(38)45)32-11-9-12-33(25-32)47-34-20-21-36-35-13-6-7-14-37(35)46(39(36)26-34)40-24-30(22-23-43-40)42(3,4)5/h6-26H,1-5H3. The number of aryl methyl sites for hydroxylation is 2. The van der Waals surface area contributed by atoms with E-state index in [4.69, 9.17) is 9.72 Å². The second kappa shape index (κ2) is 11.0. The average Bonchev–Trinajstić information content (AvgIpc) is 3.62. The van der Waals surface area contributed by atoms with E-state index in [0.717, 1.165) is 56.1 Å². The van der Waals surface area contributed by atoms with Gasteiger partial charge in [0.1, 0.15) is 17.3 Å². The Morgan fingerprint density at radius 3 is 2.26 bits per heavy atom. The molecule has 0 saturated heterocycles. The lowest BCUT2D eigenvalue weighted by Crippen LogP contribution is -2.30. The maximum absolute atomic E-state index is 6.59. The summed E-state index contributed by atoms with van der Waals surface area (Å²) >= 11 is 0. The van der Waals surface area contributed by atoms with Gasteiger partial charge in [0, 0.05) is 23.0 Å². The van der Waals surface area contributed by atoms with Gasteiger partial charge in [0.05, 0.1) is 33.4 Å². The van der Waals surface area contributed by atoms with Crippen LogP contribution in [0.15, 0.2) is 128 Å². The van der Waals surface area contributed by atoms with Crippen LogP contribution in [0.2, 0.25) is 0 Å². The Labute approximate surface area is 274 Å². The van der Waals surface area contributed by atoms with Gasteiger partial charge in [-0.25, -0.2) is 4.98 Å². The number of fused-ring (bicyclic) bond motifs is 4. The lowest BCUT2D eigenvalue weighted by Gasteiger charge is -2.20. The van der Waals surface area contributed by atoms with E-state index in [1.54, 1.807) is 0 Å². The normalized spacial score (nSPS) is 11.9. The summed E-state index contributed by atoms with van der Waals surface area (Å²) < 4.78 is 13.1. The Balaban J connectivity index is 1.21. The smallest absolute Gasteiger partial charge is 0.269 e. The first-order valence-corrected chi connectivity index (χ1v) is 16.1.